The van der Waals surface area contributed by atoms with Gasteiger partial charge in [-0.1, -0.05) is 253 Å². The predicted octanol–water partition coefficient (Wildman–Crippen LogP) is 20.1. The quantitative estimate of drug-likeness (QED) is 0.0261. The van der Waals surface area contributed by atoms with Crippen molar-refractivity contribution in [3.63, 3.8) is 0 Å². The molecule has 0 aliphatic carbocycles. The zero-order valence-corrected chi connectivity index (χ0v) is 46.5. The maximum absolute atomic E-state index is 12.9. The third-order valence-corrected chi connectivity index (χ3v) is 12.6. The smallest absolute Gasteiger partial charge is 0.306 e. The summed E-state index contributed by atoms with van der Waals surface area (Å²) in [5, 5.41) is 0. The van der Waals surface area contributed by atoms with Gasteiger partial charge in [-0.25, -0.2) is 0 Å². The molecule has 0 aliphatic heterocycles. The number of allylic oxidation sites excluding steroid dienone is 16. The zero-order valence-electron chi connectivity index (χ0n) is 46.5. The fourth-order valence-electron chi connectivity index (χ4n) is 8.12. The molecule has 1 unspecified atom stereocenters. The molecule has 0 amide bonds. The van der Waals surface area contributed by atoms with Gasteiger partial charge in [0.05, 0.1) is 0 Å². The van der Waals surface area contributed by atoms with E-state index in [1.165, 1.54) is 116 Å². The number of hydrogen-bond donors (Lipinski definition) is 0. The number of carbonyl (C=O) groups excluding carboxylic acids is 3. The first-order chi connectivity index (χ1) is 35.0. The van der Waals surface area contributed by atoms with Gasteiger partial charge in [0.15, 0.2) is 6.10 Å². The second kappa shape index (κ2) is 58.9. The second-order valence-electron chi connectivity index (χ2n) is 19.5. The molecule has 0 bridgehead atoms. The zero-order chi connectivity index (χ0) is 51.4. The van der Waals surface area contributed by atoms with Crippen LogP contribution in [0.5, 0.6) is 0 Å². The van der Waals surface area contributed by atoms with Crippen molar-refractivity contribution >= 4 is 17.9 Å². The molecule has 0 aromatic carbocycles. The first-order valence-corrected chi connectivity index (χ1v) is 29.7. The molecule has 0 N–H and O–H groups in total. The molecule has 0 aromatic rings. The minimum atomic E-state index is -0.803. The largest absolute Gasteiger partial charge is 0.462 e. The van der Waals surface area contributed by atoms with Crippen LogP contribution in [0.15, 0.2) is 97.2 Å². The van der Waals surface area contributed by atoms with Gasteiger partial charge in [0.25, 0.3) is 0 Å². The molecule has 0 aromatic heterocycles. The van der Waals surface area contributed by atoms with Gasteiger partial charge in [-0.2, -0.15) is 0 Å². The Kier molecular flexibility index (Phi) is 55.9. The van der Waals surface area contributed by atoms with Crippen molar-refractivity contribution in [2.24, 2.45) is 0 Å². The molecule has 0 rings (SSSR count). The lowest BCUT2D eigenvalue weighted by atomic mass is 10.0. The lowest BCUT2D eigenvalue weighted by molar-refractivity contribution is -0.167. The number of ether oxygens (including phenoxy) is 3. The van der Waals surface area contributed by atoms with Crippen molar-refractivity contribution < 1.29 is 28.6 Å². The van der Waals surface area contributed by atoms with Gasteiger partial charge in [-0.15, -0.1) is 0 Å². The summed E-state index contributed by atoms with van der Waals surface area (Å²) in [7, 11) is 0. The van der Waals surface area contributed by atoms with Crippen molar-refractivity contribution in [1.82, 2.24) is 0 Å². The summed E-state index contributed by atoms with van der Waals surface area (Å²) in [6.45, 7) is 6.48. The van der Waals surface area contributed by atoms with Crippen LogP contribution in [-0.2, 0) is 28.6 Å². The summed E-state index contributed by atoms with van der Waals surface area (Å²) in [5.41, 5.74) is 0. The Hall–Kier alpha value is -3.67. The summed E-state index contributed by atoms with van der Waals surface area (Å²) in [4.78, 5) is 38.2. The van der Waals surface area contributed by atoms with Gasteiger partial charge in [0, 0.05) is 19.3 Å². The molecule has 6 heteroatoms. The van der Waals surface area contributed by atoms with Crippen molar-refractivity contribution in [2.75, 3.05) is 13.2 Å². The second-order valence-corrected chi connectivity index (χ2v) is 19.5. The summed E-state index contributed by atoms with van der Waals surface area (Å²) < 4.78 is 16.8. The third-order valence-electron chi connectivity index (χ3n) is 12.6. The van der Waals surface area contributed by atoms with Crippen LogP contribution >= 0.6 is 0 Å². The topological polar surface area (TPSA) is 78.9 Å². The molecule has 0 fully saturated rings. The van der Waals surface area contributed by atoms with Crippen LogP contribution in [0.2, 0.25) is 0 Å². The normalized spacial score (nSPS) is 12.8. The molecule has 0 saturated heterocycles. The van der Waals surface area contributed by atoms with Gasteiger partial charge >= 0.3 is 17.9 Å². The Balaban J connectivity index is 4.48. The Labute approximate surface area is 438 Å². The minimum Gasteiger partial charge on any atom is -0.462 e. The van der Waals surface area contributed by atoms with Crippen LogP contribution in [-0.4, -0.2) is 37.2 Å². The molecule has 71 heavy (non-hydrogen) atoms. The lowest BCUT2D eigenvalue weighted by Gasteiger charge is -2.18. The van der Waals surface area contributed by atoms with Crippen LogP contribution in [0.3, 0.4) is 0 Å². The summed E-state index contributed by atoms with van der Waals surface area (Å²) >= 11 is 0. The Morgan fingerprint density at radius 2 is 0.549 bits per heavy atom. The molecule has 0 aliphatic rings. The number of carbonyl (C=O) groups is 3. The van der Waals surface area contributed by atoms with Crippen LogP contribution < -0.4 is 0 Å². The highest BCUT2D eigenvalue weighted by molar-refractivity contribution is 5.71. The maximum Gasteiger partial charge on any atom is 0.306 e. The van der Waals surface area contributed by atoms with E-state index < -0.39 is 6.10 Å². The first kappa shape index (κ1) is 67.3. The molecule has 0 spiro atoms. The fraction of sp³-hybridized carbons (Fsp3) is 0.708. The van der Waals surface area contributed by atoms with Crippen LogP contribution in [0.4, 0.5) is 0 Å². The average molecular weight is 988 g/mol. The van der Waals surface area contributed by atoms with Gasteiger partial charge in [-0.3, -0.25) is 14.4 Å². The van der Waals surface area contributed by atoms with E-state index in [1.54, 1.807) is 0 Å². The molecule has 0 saturated carbocycles. The highest BCUT2D eigenvalue weighted by Gasteiger charge is 2.19. The van der Waals surface area contributed by atoms with E-state index >= 15 is 0 Å². The first-order valence-electron chi connectivity index (χ1n) is 29.7. The van der Waals surface area contributed by atoms with Crippen molar-refractivity contribution in [1.29, 1.82) is 0 Å². The average Bonchev–Trinajstić information content (AvgIpc) is 3.37. The van der Waals surface area contributed by atoms with E-state index in [2.05, 4.69) is 118 Å². The fourth-order valence-corrected chi connectivity index (χ4v) is 8.12. The predicted molar refractivity (Wildman–Crippen MR) is 307 cm³/mol. The summed E-state index contributed by atoms with van der Waals surface area (Å²) in [5.74, 6) is -0.948. The maximum atomic E-state index is 12.9. The summed E-state index contributed by atoms with van der Waals surface area (Å²) in [6, 6.07) is 0. The lowest BCUT2D eigenvalue weighted by Crippen LogP contribution is -2.30. The van der Waals surface area contributed by atoms with Crippen molar-refractivity contribution in [2.45, 2.75) is 284 Å². The van der Waals surface area contributed by atoms with Gasteiger partial charge in [-0.05, 0) is 103 Å². The number of esters is 3. The van der Waals surface area contributed by atoms with Crippen LogP contribution in [0, 0.1) is 0 Å². The highest BCUT2D eigenvalue weighted by Crippen LogP contribution is 2.15. The van der Waals surface area contributed by atoms with E-state index in [-0.39, 0.29) is 31.1 Å². The van der Waals surface area contributed by atoms with E-state index in [1.807, 2.05) is 0 Å². The van der Waals surface area contributed by atoms with Crippen molar-refractivity contribution in [3.05, 3.63) is 97.2 Å². The number of unbranched alkanes of at least 4 members (excludes halogenated alkanes) is 26. The van der Waals surface area contributed by atoms with Crippen molar-refractivity contribution in [3.8, 4) is 0 Å². The monoisotopic (exact) mass is 987 g/mol. The Bertz CT molecular complexity index is 1410. The standard InChI is InChI=1S/C65H110O6/c1-4-7-10-13-16-19-22-25-28-31-32-33-34-35-38-40-43-46-49-52-55-58-64(67)70-61-62(71-65(68)59-56-53-50-47-44-41-37-30-27-24-21-18-15-12-9-6-3)60-69-63(66)57-54-51-48-45-42-39-36-29-26-23-20-17-14-11-8-5-2/h7,10,16,19,21,24-25,28,30,32-33,35,37-38,43,46,62H,4-6,8-9,11-15,17-18,20,22-23,26-27,29,31,34,36,39-42,44-45,47-61H2,1-3H3/b10-7-,19-16-,24-21-,28-25-,33-32-,37-30-,38-35-,46-43-. The molecule has 6 nitrogen and oxygen atoms in total. The van der Waals surface area contributed by atoms with Crippen LogP contribution in [0.1, 0.15) is 278 Å². The third kappa shape index (κ3) is 57.1. The minimum absolute atomic E-state index is 0.0956. The highest BCUT2D eigenvalue weighted by atomic mass is 16.6. The molecular formula is C65H110O6. The van der Waals surface area contributed by atoms with E-state index in [0.29, 0.717) is 19.3 Å². The SMILES string of the molecule is CC/C=C\C/C=C\C/C=C\C/C=C\C/C=C\C/C=C\CCCCC(=O)OCC(COC(=O)CCCCCCCCCCCCCCCCCC)OC(=O)CCCCCCC/C=C\C/C=C\CCCCCC. The molecular weight excluding hydrogens is 877 g/mol. The van der Waals surface area contributed by atoms with Gasteiger partial charge < -0.3 is 14.2 Å². The van der Waals surface area contributed by atoms with E-state index in [0.717, 1.165) is 122 Å². The molecule has 1 atom stereocenters. The van der Waals surface area contributed by atoms with E-state index in [9.17, 15) is 14.4 Å². The van der Waals surface area contributed by atoms with Gasteiger partial charge in [0.1, 0.15) is 13.2 Å². The number of hydrogen-bond acceptors (Lipinski definition) is 6. The van der Waals surface area contributed by atoms with Crippen LogP contribution in [0.25, 0.3) is 0 Å². The molecule has 0 radical (unpaired) electrons. The summed E-state index contributed by atoms with van der Waals surface area (Å²) in [6.07, 6.45) is 78.2. The molecule has 406 valence electrons. The molecule has 0 heterocycles. The van der Waals surface area contributed by atoms with E-state index in [4.69, 9.17) is 14.2 Å². The number of rotatable bonds is 53. The Morgan fingerprint density at radius 1 is 0.296 bits per heavy atom. The van der Waals surface area contributed by atoms with Gasteiger partial charge in [0.2, 0.25) is 0 Å². The Morgan fingerprint density at radius 3 is 0.901 bits per heavy atom.